The molecule has 0 radical (unpaired) electrons. The molecule has 0 rings (SSSR count). The van der Waals surface area contributed by atoms with E-state index in [4.69, 9.17) is 0 Å². The lowest BCUT2D eigenvalue weighted by Crippen LogP contribution is -1.88. The summed E-state index contributed by atoms with van der Waals surface area (Å²) in [5, 5.41) is 0. The predicted octanol–water partition coefficient (Wildman–Crippen LogP) is 10.5. The molecule has 0 nitrogen and oxygen atoms in total. The Morgan fingerprint density at radius 2 is 1.00 bits per heavy atom. The molecular weight excluding hydrogens is 360 g/mol. The monoisotopic (exact) mass is 410 g/mol. The molecule has 0 N–H and O–H groups in total. The SMILES string of the molecule is CC(C)=CCC/C(C)=C\CC[C@H](C)/C=C/C/C=C(\C)CC/C=C(\C)CCC=C(C)C. The Morgan fingerprint density at radius 3 is 1.50 bits per heavy atom. The summed E-state index contributed by atoms with van der Waals surface area (Å²) in [5.41, 5.74) is 7.41. The van der Waals surface area contributed by atoms with E-state index < -0.39 is 0 Å². The van der Waals surface area contributed by atoms with E-state index in [9.17, 15) is 0 Å². The first-order valence-electron chi connectivity index (χ1n) is 12.1. The summed E-state index contributed by atoms with van der Waals surface area (Å²) in [6.07, 6.45) is 27.3. The molecule has 0 aliphatic heterocycles. The minimum Gasteiger partial charge on any atom is -0.0856 e. The second-order valence-corrected chi connectivity index (χ2v) is 9.55. The van der Waals surface area contributed by atoms with Gasteiger partial charge in [-0.15, -0.1) is 0 Å². The van der Waals surface area contributed by atoms with Gasteiger partial charge in [0.2, 0.25) is 0 Å². The van der Waals surface area contributed by atoms with Gasteiger partial charge in [0.1, 0.15) is 0 Å². The molecule has 0 heterocycles. The second kappa shape index (κ2) is 18.2. The van der Waals surface area contributed by atoms with Crippen LogP contribution < -0.4 is 0 Å². The third kappa shape index (κ3) is 19.7. The zero-order chi connectivity index (χ0) is 22.8. The van der Waals surface area contributed by atoms with E-state index in [1.165, 1.54) is 79.2 Å². The molecule has 0 aromatic rings. The van der Waals surface area contributed by atoms with Gasteiger partial charge in [0.25, 0.3) is 0 Å². The van der Waals surface area contributed by atoms with Gasteiger partial charge in [-0.1, -0.05) is 77.3 Å². The molecule has 0 bridgehead atoms. The first kappa shape index (κ1) is 28.4. The van der Waals surface area contributed by atoms with Crippen LogP contribution in [-0.4, -0.2) is 0 Å². The van der Waals surface area contributed by atoms with Gasteiger partial charge in [-0.05, 0) is 112 Å². The number of allylic oxidation sites excluding steroid dienone is 12. The van der Waals surface area contributed by atoms with Gasteiger partial charge in [-0.3, -0.25) is 0 Å². The lowest BCUT2D eigenvalue weighted by molar-refractivity contribution is 0.653. The van der Waals surface area contributed by atoms with Crippen LogP contribution in [0.3, 0.4) is 0 Å². The van der Waals surface area contributed by atoms with Crippen LogP contribution in [0.4, 0.5) is 0 Å². The normalized spacial score (nSPS) is 14.2. The van der Waals surface area contributed by atoms with Crippen LogP contribution in [0.2, 0.25) is 0 Å². The second-order valence-electron chi connectivity index (χ2n) is 9.55. The Bertz CT molecular complexity index is 623. The minimum absolute atomic E-state index is 0.659. The van der Waals surface area contributed by atoms with Gasteiger partial charge in [-0.25, -0.2) is 0 Å². The van der Waals surface area contributed by atoms with Gasteiger partial charge in [0.15, 0.2) is 0 Å². The Kier molecular flexibility index (Phi) is 17.3. The van der Waals surface area contributed by atoms with Crippen molar-refractivity contribution in [1.29, 1.82) is 0 Å². The fraction of sp³-hybridized carbons (Fsp3) is 0.600. The third-order valence-electron chi connectivity index (χ3n) is 5.40. The van der Waals surface area contributed by atoms with Gasteiger partial charge < -0.3 is 0 Å². The first-order valence-corrected chi connectivity index (χ1v) is 12.1. The fourth-order valence-electron chi connectivity index (χ4n) is 3.30. The molecular formula is C30H50. The van der Waals surface area contributed by atoms with Crippen LogP contribution in [0.1, 0.15) is 113 Å². The van der Waals surface area contributed by atoms with Crippen molar-refractivity contribution >= 4 is 0 Å². The third-order valence-corrected chi connectivity index (χ3v) is 5.40. The quantitative estimate of drug-likeness (QED) is 0.235. The largest absolute Gasteiger partial charge is 0.0856 e. The molecule has 0 saturated heterocycles. The van der Waals surface area contributed by atoms with Crippen molar-refractivity contribution < 1.29 is 0 Å². The summed E-state index contributed by atoms with van der Waals surface area (Å²) in [6, 6.07) is 0. The van der Waals surface area contributed by atoms with E-state index in [0.29, 0.717) is 5.92 Å². The molecule has 0 heteroatoms. The van der Waals surface area contributed by atoms with E-state index in [1.54, 1.807) is 0 Å². The van der Waals surface area contributed by atoms with Gasteiger partial charge in [0.05, 0.1) is 0 Å². The molecule has 1 atom stereocenters. The number of rotatable bonds is 15. The van der Waals surface area contributed by atoms with E-state index in [1.807, 2.05) is 0 Å². The molecule has 0 aromatic carbocycles. The highest BCUT2D eigenvalue weighted by Crippen LogP contribution is 2.14. The van der Waals surface area contributed by atoms with Crippen molar-refractivity contribution in [3.05, 3.63) is 70.4 Å². The number of hydrogen-bond acceptors (Lipinski definition) is 0. The Morgan fingerprint density at radius 1 is 0.567 bits per heavy atom. The minimum atomic E-state index is 0.659. The number of hydrogen-bond donors (Lipinski definition) is 0. The lowest BCUT2D eigenvalue weighted by Gasteiger charge is -2.05. The van der Waals surface area contributed by atoms with Crippen molar-refractivity contribution in [1.82, 2.24) is 0 Å². The zero-order valence-electron chi connectivity index (χ0n) is 21.5. The zero-order valence-corrected chi connectivity index (χ0v) is 21.5. The van der Waals surface area contributed by atoms with Crippen LogP contribution in [0.5, 0.6) is 0 Å². The Balaban J connectivity index is 4.05. The van der Waals surface area contributed by atoms with E-state index >= 15 is 0 Å². The van der Waals surface area contributed by atoms with Crippen molar-refractivity contribution in [2.75, 3.05) is 0 Å². The van der Waals surface area contributed by atoms with Crippen LogP contribution >= 0.6 is 0 Å². The first-order chi connectivity index (χ1) is 14.2. The molecule has 0 unspecified atom stereocenters. The average Bonchev–Trinajstić information content (AvgIpc) is 2.64. The van der Waals surface area contributed by atoms with Crippen molar-refractivity contribution in [2.45, 2.75) is 113 Å². The molecule has 0 aliphatic rings. The molecule has 0 aromatic heterocycles. The van der Waals surface area contributed by atoms with Gasteiger partial charge in [0, 0.05) is 0 Å². The standard InChI is InChI=1S/C30H50/c1-25(2)15-11-19-29(7)23-13-21-27(5)17-9-10-18-28(6)22-14-24-30(8)20-12-16-26(3)4/h9,15-18,23-24,27H,10-14,19-22H2,1-8H3/b17-9+,28-18+,29-23-,30-24+/t27-/m1/s1. The molecule has 0 fully saturated rings. The van der Waals surface area contributed by atoms with Crippen molar-refractivity contribution in [3.63, 3.8) is 0 Å². The topological polar surface area (TPSA) is 0 Å². The van der Waals surface area contributed by atoms with Crippen LogP contribution in [-0.2, 0) is 0 Å². The van der Waals surface area contributed by atoms with Crippen LogP contribution in [0, 0.1) is 5.92 Å². The molecule has 0 saturated carbocycles. The predicted molar refractivity (Wildman–Crippen MR) is 140 cm³/mol. The summed E-state index contributed by atoms with van der Waals surface area (Å²) in [5.74, 6) is 0.659. The van der Waals surface area contributed by atoms with E-state index in [-0.39, 0.29) is 0 Å². The molecule has 30 heavy (non-hydrogen) atoms. The summed E-state index contributed by atoms with van der Waals surface area (Å²) in [4.78, 5) is 0. The summed E-state index contributed by atoms with van der Waals surface area (Å²) in [7, 11) is 0. The Hall–Kier alpha value is -1.56. The highest BCUT2D eigenvalue weighted by Gasteiger charge is 1.96. The lowest BCUT2D eigenvalue weighted by atomic mass is 10.0. The molecule has 170 valence electrons. The summed E-state index contributed by atoms with van der Waals surface area (Å²) < 4.78 is 0. The van der Waals surface area contributed by atoms with Crippen molar-refractivity contribution in [2.24, 2.45) is 5.92 Å². The van der Waals surface area contributed by atoms with E-state index in [2.05, 4.69) is 97.9 Å². The van der Waals surface area contributed by atoms with Gasteiger partial charge >= 0.3 is 0 Å². The fourth-order valence-corrected chi connectivity index (χ4v) is 3.30. The smallest absolute Gasteiger partial charge is 0.0166 e. The highest BCUT2D eigenvalue weighted by atomic mass is 14.0. The van der Waals surface area contributed by atoms with E-state index in [0.717, 1.165) is 6.42 Å². The summed E-state index contributed by atoms with van der Waals surface area (Å²) >= 11 is 0. The van der Waals surface area contributed by atoms with Crippen LogP contribution in [0.15, 0.2) is 70.4 Å². The van der Waals surface area contributed by atoms with Gasteiger partial charge in [-0.2, -0.15) is 0 Å². The Labute approximate surface area is 189 Å². The molecule has 0 aliphatic carbocycles. The van der Waals surface area contributed by atoms with Crippen LogP contribution in [0.25, 0.3) is 0 Å². The average molecular weight is 411 g/mol. The maximum Gasteiger partial charge on any atom is -0.0166 e. The maximum atomic E-state index is 2.43. The molecule has 0 spiro atoms. The summed E-state index contributed by atoms with van der Waals surface area (Å²) in [6.45, 7) is 17.8. The molecule has 0 amide bonds. The maximum absolute atomic E-state index is 2.43. The highest BCUT2D eigenvalue weighted by molar-refractivity contribution is 5.07. The van der Waals surface area contributed by atoms with Crippen molar-refractivity contribution in [3.8, 4) is 0 Å².